The van der Waals surface area contributed by atoms with Crippen LogP contribution in [0.3, 0.4) is 0 Å². The highest BCUT2D eigenvalue weighted by Crippen LogP contribution is 2.37. The van der Waals surface area contributed by atoms with Gasteiger partial charge in [0.25, 0.3) is 0 Å². The predicted molar refractivity (Wildman–Crippen MR) is 137 cm³/mol. The van der Waals surface area contributed by atoms with Crippen LogP contribution in [0.25, 0.3) is 22.6 Å². The van der Waals surface area contributed by atoms with Crippen LogP contribution in [0, 0.1) is 11.3 Å². The molecule has 4 nitrogen and oxygen atoms in total. The number of alkyl halides is 3. The van der Waals surface area contributed by atoms with Crippen LogP contribution in [-0.2, 0) is 6.18 Å². The number of halogens is 3. The molecule has 0 amide bonds. The number of thiazole rings is 1. The largest absolute Gasteiger partial charge is 0.506 e. The predicted octanol–water partition coefficient (Wildman–Crippen LogP) is 7.95. The average Bonchev–Trinajstić information content (AvgIpc) is 3.35. The van der Waals surface area contributed by atoms with Gasteiger partial charge in [-0.15, -0.1) is 11.3 Å². The molecule has 3 rings (SSSR count). The fraction of sp³-hybridized carbons (Fsp3) is 0.333. The van der Waals surface area contributed by atoms with E-state index in [1.807, 2.05) is 30.3 Å². The van der Waals surface area contributed by atoms with Gasteiger partial charge in [0.1, 0.15) is 22.4 Å². The Morgan fingerprint density at radius 3 is 2.17 bits per heavy atom. The van der Waals surface area contributed by atoms with Crippen LogP contribution in [0.1, 0.15) is 55.7 Å². The van der Waals surface area contributed by atoms with E-state index in [0.29, 0.717) is 5.69 Å². The Balaban J connectivity index is 0.000000410. The van der Waals surface area contributed by atoms with Gasteiger partial charge in [-0.3, -0.25) is 0 Å². The smallest absolute Gasteiger partial charge is 0.417 e. The van der Waals surface area contributed by atoms with Crippen LogP contribution in [0.2, 0.25) is 0 Å². The topological polar surface area (TPSA) is 68.9 Å². The first kappa shape index (κ1) is 28.1. The van der Waals surface area contributed by atoms with Crippen molar-refractivity contribution in [1.29, 1.82) is 5.26 Å². The van der Waals surface area contributed by atoms with E-state index in [1.165, 1.54) is 50.9 Å². The zero-order chi connectivity index (χ0) is 25.7. The Bertz CT molecular complexity index is 1110. The maximum absolute atomic E-state index is 13.2. The Hall–Kier alpha value is -3.15. The van der Waals surface area contributed by atoms with Crippen LogP contribution in [-0.4, -0.2) is 23.2 Å². The summed E-state index contributed by atoms with van der Waals surface area (Å²) < 4.78 is 39.5. The van der Waals surface area contributed by atoms with Crippen molar-refractivity contribution in [3.8, 4) is 17.3 Å². The fourth-order valence-electron chi connectivity index (χ4n) is 3.13. The number of nitriles is 1. The van der Waals surface area contributed by atoms with Crippen molar-refractivity contribution in [3.63, 3.8) is 0 Å². The van der Waals surface area contributed by atoms with Gasteiger partial charge < -0.3 is 10.4 Å². The van der Waals surface area contributed by atoms with E-state index in [-0.39, 0.29) is 10.6 Å². The van der Waals surface area contributed by atoms with E-state index in [1.54, 1.807) is 11.4 Å². The number of hydrogen-bond donors (Lipinski definition) is 2. The SMILES string of the molecule is CCCCNCCCC.N#CC(=C(O)c1ccccc1C(F)(F)F)c1nc(-c2ccccc2)cs1. The third-order valence-corrected chi connectivity index (χ3v) is 5.90. The summed E-state index contributed by atoms with van der Waals surface area (Å²) in [6, 6.07) is 15.5. The number of rotatable bonds is 9. The number of benzene rings is 2. The molecule has 1 heterocycles. The molecule has 0 atom stereocenters. The van der Waals surface area contributed by atoms with E-state index in [0.717, 1.165) is 29.0 Å². The molecule has 1 aromatic heterocycles. The first-order chi connectivity index (χ1) is 16.8. The lowest BCUT2D eigenvalue weighted by molar-refractivity contribution is -0.137. The normalized spacial score (nSPS) is 11.8. The number of aliphatic hydroxyl groups is 1. The summed E-state index contributed by atoms with van der Waals surface area (Å²) in [5, 5.41) is 25.0. The van der Waals surface area contributed by atoms with Crippen LogP contribution in [0.4, 0.5) is 13.2 Å². The number of unbranched alkanes of at least 4 members (excludes halogenated alkanes) is 2. The lowest BCUT2D eigenvalue weighted by Crippen LogP contribution is -2.15. The van der Waals surface area contributed by atoms with E-state index < -0.39 is 23.1 Å². The van der Waals surface area contributed by atoms with Gasteiger partial charge in [-0.1, -0.05) is 75.2 Å². The first-order valence-electron chi connectivity index (χ1n) is 11.5. The van der Waals surface area contributed by atoms with Crippen molar-refractivity contribution in [2.45, 2.75) is 45.7 Å². The molecule has 0 radical (unpaired) electrons. The molecule has 8 heteroatoms. The zero-order valence-electron chi connectivity index (χ0n) is 19.9. The summed E-state index contributed by atoms with van der Waals surface area (Å²) in [6.45, 7) is 6.86. The van der Waals surface area contributed by atoms with Crippen molar-refractivity contribution < 1.29 is 18.3 Å². The summed E-state index contributed by atoms with van der Waals surface area (Å²) >= 11 is 1.08. The number of hydrogen-bond acceptors (Lipinski definition) is 5. The van der Waals surface area contributed by atoms with Gasteiger partial charge in [0, 0.05) is 16.5 Å². The summed E-state index contributed by atoms with van der Waals surface area (Å²) in [6.07, 6.45) is 0.606. The molecule has 0 aliphatic rings. The molecule has 0 bridgehead atoms. The second-order valence-electron chi connectivity index (χ2n) is 7.74. The summed E-state index contributed by atoms with van der Waals surface area (Å²) in [5.41, 5.74) is -0.371. The Kier molecular flexibility index (Phi) is 11.5. The number of allylic oxidation sites excluding steroid dienone is 1. The molecule has 0 aliphatic heterocycles. The minimum atomic E-state index is -4.65. The lowest BCUT2D eigenvalue weighted by Gasteiger charge is -2.12. The molecule has 0 fully saturated rings. The Morgan fingerprint density at radius 1 is 1.00 bits per heavy atom. The van der Waals surface area contributed by atoms with Crippen molar-refractivity contribution in [1.82, 2.24) is 10.3 Å². The van der Waals surface area contributed by atoms with Gasteiger partial charge in [-0.05, 0) is 32.0 Å². The van der Waals surface area contributed by atoms with E-state index in [9.17, 15) is 23.5 Å². The molecule has 3 aromatic rings. The van der Waals surface area contributed by atoms with Gasteiger partial charge in [-0.25, -0.2) is 4.98 Å². The van der Waals surface area contributed by atoms with Crippen molar-refractivity contribution in [2.75, 3.05) is 13.1 Å². The first-order valence-corrected chi connectivity index (χ1v) is 12.4. The highest BCUT2D eigenvalue weighted by atomic mass is 32.1. The fourth-order valence-corrected chi connectivity index (χ4v) is 3.96. The third kappa shape index (κ3) is 8.53. The molecule has 0 saturated heterocycles. The molecule has 0 spiro atoms. The number of aromatic nitrogens is 1. The summed E-state index contributed by atoms with van der Waals surface area (Å²) in [7, 11) is 0. The van der Waals surface area contributed by atoms with Gasteiger partial charge >= 0.3 is 6.18 Å². The molecule has 2 N–H and O–H groups in total. The van der Waals surface area contributed by atoms with Crippen LogP contribution in [0.5, 0.6) is 0 Å². The van der Waals surface area contributed by atoms with Gasteiger partial charge in [0.2, 0.25) is 0 Å². The van der Waals surface area contributed by atoms with E-state index in [2.05, 4.69) is 24.1 Å². The summed E-state index contributed by atoms with van der Waals surface area (Å²) in [5.74, 6) is -0.741. The Labute approximate surface area is 208 Å². The molecule has 0 aliphatic carbocycles. The molecular weight excluding hydrogens is 471 g/mol. The highest BCUT2D eigenvalue weighted by molar-refractivity contribution is 7.11. The number of nitrogens with zero attached hydrogens (tertiary/aromatic N) is 2. The molecule has 0 unspecified atom stereocenters. The molecular formula is C27H30F3N3OS. The number of aliphatic hydroxyl groups excluding tert-OH is 1. The van der Waals surface area contributed by atoms with Crippen LogP contribution < -0.4 is 5.32 Å². The van der Waals surface area contributed by atoms with E-state index >= 15 is 0 Å². The quantitative estimate of drug-likeness (QED) is 0.177. The molecule has 0 saturated carbocycles. The van der Waals surface area contributed by atoms with Gasteiger partial charge in [0.15, 0.2) is 0 Å². The second-order valence-corrected chi connectivity index (χ2v) is 8.60. The average molecular weight is 502 g/mol. The molecule has 186 valence electrons. The third-order valence-electron chi connectivity index (χ3n) is 5.04. The van der Waals surface area contributed by atoms with Crippen LogP contribution in [0.15, 0.2) is 60.0 Å². The standard InChI is InChI=1S/C19H11F3N2OS.C8H19N/c20-19(21,22)15-9-5-4-8-13(15)17(25)14(10-23)18-24-16(11-26-18)12-6-2-1-3-7-12;1-3-5-7-9-8-6-4-2/h1-9,11,25H;9H,3-8H2,1-2H3. The minimum Gasteiger partial charge on any atom is -0.506 e. The molecule has 35 heavy (non-hydrogen) atoms. The van der Waals surface area contributed by atoms with Crippen molar-refractivity contribution >= 4 is 22.7 Å². The summed E-state index contributed by atoms with van der Waals surface area (Å²) in [4.78, 5) is 4.29. The lowest BCUT2D eigenvalue weighted by atomic mass is 10.0. The monoisotopic (exact) mass is 501 g/mol. The highest BCUT2D eigenvalue weighted by Gasteiger charge is 2.34. The van der Waals surface area contributed by atoms with Crippen molar-refractivity contribution in [2.24, 2.45) is 0 Å². The van der Waals surface area contributed by atoms with Gasteiger partial charge in [-0.2, -0.15) is 18.4 Å². The second kappa shape index (κ2) is 14.3. The maximum Gasteiger partial charge on any atom is 0.417 e. The Morgan fingerprint density at radius 2 is 1.60 bits per heavy atom. The van der Waals surface area contributed by atoms with Crippen molar-refractivity contribution in [3.05, 3.63) is 76.1 Å². The number of nitrogens with one attached hydrogen (secondary N) is 1. The molecule has 2 aromatic carbocycles. The maximum atomic E-state index is 13.2. The zero-order valence-corrected chi connectivity index (χ0v) is 20.7. The van der Waals surface area contributed by atoms with E-state index in [4.69, 9.17) is 0 Å². The van der Waals surface area contributed by atoms with Gasteiger partial charge in [0.05, 0.1) is 11.3 Å². The minimum absolute atomic E-state index is 0.154. The van der Waals surface area contributed by atoms with Crippen LogP contribution >= 0.6 is 11.3 Å².